The van der Waals surface area contributed by atoms with Gasteiger partial charge in [0.2, 0.25) is 0 Å². The van der Waals surface area contributed by atoms with E-state index < -0.39 is 36.1 Å². The van der Waals surface area contributed by atoms with Crippen LogP contribution in [-0.4, -0.2) is 47.4 Å². The number of carbonyl (C=O) groups is 4. The third-order valence-electron chi connectivity index (χ3n) is 6.63. The molecule has 1 aliphatic heterocycles. The molecule has 1 aromatic carbocycles. The van der Waals surface area contributed by atoms with Crippen LogP contribution in [0.4, 0.5) is 4.79 Å². The van der Waals surface area contributed by atoms with Gasteiger partial charge in [0.1, 0.15) is 12.1 Å². The molecule has 168 valence electrons. The highest BCUT2D eigenvalue weighted by Crippen LogP contribution is 2.30. The number of esters is 1. The summed E-state index contributed by atoms with van der Waals surface area (Å²) in [5.41, 5.74) is -0.636. The van der Waals surface area contributed by atoms with Crippen LogP contribution < -0.4 is 10.6 Å². The Kier molecular flexibility index (Phi) is 6.67. The van der Waals surface area contributed by atoms with Crippen molar-refractivity contribution in [2.45, 2.75) is 64.6 Å². The first kappa shape index (κ1) is 22.8. The van der Waals surface area contributed by atoms with Gasteiger partial charge in [-0.05, 0) is 37.7 Å². The second kappa shape index (κ2) is 9.08. The fourth-order valence-electron chi connectivity index (χ4n) is 4.31. The van der Waals surface area contributed by atoms with Gasteiger partial charge < -0.3 is 15.4 Å². The van der Waals surface area contributed by atoms with Crippen LogP contribution >= 0.6 is 0 Å². The van der Waals surface area contributed by atoms with Crippen molar-refractivity contribution in [3.05, 3.63) is 35.9 Å². The molecule has 2 N–H and O–H groups in total. The average Bonchev–Trinajstić information content (AvgIpc) is 2.96. The summed E-state index contributed by atoms with van der Waals surface area (Å²) in [5, 5.41) is 5.62. The Balaban J connectivity index is 1.57. The van der Waals surface area contributed by atoms with Crippen LogP contribution in [0.15, 0.2) is 30.3 Å². The van der Waals surface area contributed by atoms with Crippen LogP contribution in [0.2, 0.25) is 0 Å². The van der Waals surface area contributed by atoms with Gasteiger partial charge in [-0.2, -0.15) is 0 Å². The molecule has 4 amide bonds. The molecule has 0 unspecified atom stereocenters. The zero-order valence-corrected chi connectivity index (χ0v) is 18.5. The van der Waals surface area contributed by atoms with Crippen LogP contribution in [0.3, 0.4) is 0 Å². The van der Waals surface area contributed by atoms with Crippen LogP contribution in [-0.2, 0) is 24.7 Å². The number of hydrogen-bond acceptors (Lipinski definition) is 5. The predicted molar refractivity (Wildman–Crippen MR) is 114 cm³/mol. The quantitative estimate of drug-likeness (QED) is 0.533. The third kappa shape index (κ3) is 4.73. The first-order chi connectivity index (χ1) is 14.6. The van der Waals surface area contributed by atoms with E-state index >= 15 is 0 Å². The predicted octanol–water partition coefficient (Wildman–Crippen LogP) is 2.33. The van der Waals surface area contributed by atoms with E-state index in [1.54, 1.807) is 31.2 Å². The number of ether oxygens (including phenoxy) is 1. The Morgan fingerprint density at radius 2 is 1.90 bits per heavy atom. The number of imide groups is 1. The van der Waals surface area contributed by atoms with Gasteiger partial charge >= 0.3 is 12.0 Å². The maximum absolute atomic E-state index is 12.9. The van der Waals surface area contributed by atoms with Gasteiger partial charge in [-0.1, -0.05) is 57.0 Å². The van der Waals surface area contributed by atoms with E-state index in [2.05, 4.69) is 24.5 Å². The topological polar surface area (TPSA) is 105 Å². The second-order valence-corrected chi connectivity index (χ2v) is 8.83. The first-order valence-corrected chi connectivity index (χ1v) is 10.8. The summed E-state index contributed by atoms with van der Waals surface area (Å²) in [6.07, 6.45) is 2.08. The monoisotopic (exact) mass is 429 g/mol. The molecule has 1 saturated carbocycles. The lowest BCUT2D eigenvalue weighted by atomic mass is 9.78. The fraction of sp³-hybridized carbons (Fsp3) is 0.565. The molecule has 1 saturated heterocycles. The Morgan fingerprint density at radius 1 is 1.23 bits per heavy atom. The standard InChI is InChI=1S/C23H31N3O5/c1-14-9-8-12-18(15(14)2)24-20(28)16(3)31-19(27)13-26-21(29)23(4,25-22(26)30)17-10-6-5-7-11-17/h5-7,10-11,14-16,18H,8-9,12-13H2,1-4H3,(H,24,28)(H,25,30)/t14-,15-,16-,18+,23-/m1/s1. The normalized spacial score (nSPS) is 29.3. The molecule has 5 atom stereocenters. The van der Waals surface area contributed by atoms with Crippen molar-refractivity contribution in [1.82, 2.24) is 15.5 Å². The van der Waals surface area contributed by atoms with Gasteiger partial charge in [-0.3, -0.25) is 19.3 Å². The van der Waals surface area contributed by atoms with E-state index in [4.69, 9.17) is 4.74 Å². The van der Waals surface area contributed by atoms with Crippen molar-refractivity contribution >= 4 is 23.8 Å². The summed E-state index contributed by atoms with van der Waals surface area (Å²) in [6.45, 7) is 6.82. The van der Waals surface area contributed by atoms with Crippen molar-refractivity contribution in [3.63, 3.8) is 0 Å². The number of amides is 4. The van der Waals surface area contributed by atoms with Crippen molar-refractivity contribution in [3.8, 4) is 0 Å². The molecule has 1 aromatic rings. The number of benzene rings is 1. The smallest absolute Gasteiger partial charge is 0.327 e. The van der Waals surface area contributed by atoms with Crippen molar-refractivity contribution in [2.24, 2.45) is 11.8 Å². The Hall–Kier alpha value is -2.90. The van der Waals surface area contributed by atoms with Gasteiger partial charge in [0.25, 0.3) is 11.8 Å². The highest BCUT2D eigenvalue weighted by molar-refractivity contribution is 6.08. The van der Waals surface area contributed by atoms with Crippen LogP contribution in [0, 0.1) is 11.8 Å². The average molecular weight is 430 g/mol. The number of carbonyl (C=O) groups excluding carboxylic acids is 4. The molecule has 0 radical (unpaired) electrons. The molecule has 2 aliphatic rings. The van der Waals surface area contributed by atoms with Crippen molar-refractivity contribution in [2.75, 3.05) is 6.54 Å². The maximum atomic E-state index is 12.9. The van der Waals surface area contributed by atoms with E-state index in [-0.39, 0.29) is 11.9 Å². The minimum absolute atomic E-state index is 0.0509. The number of hydrogen-bond donors (Lipinski definition) is 2. The van der Waals surface area contributed by atoms with E-state index in [9.17, 15) is 19.2 Å². The summed E-state index contributed by atoms with van der Waals surface area (Å²) >= 11 is 0. The number of urea groups is 1. The van der Waals surface area contributed by atoms with Crippen LogP contribution in [0.1, 0.15) is 52.5 Å². The Labute approximate surface area is 182 Å². The molecule has 1 aliphatic carbocycles. The minimum atomic E-state index is -1.25. The molecular weight excluding hydrogens is 398 g/mol. The highest BCUT2D eigenvalue weighted by atomic mass is 16.5. The lowest BCUT2D eigenvalue weighted by Crippen LogP contribution is -2.48. The lowest BCUT2D eigenvalue weighted by Gasteiger charge is -2.35. The fourth-order valence-corrected chi connectivity index (χ4v) is 4.31. The van der Waals surface area contributed by atoms with Gasteiger partial charge in [0.15, 0.2) is 6.10 Å². The van der Waals surface area contributed by atoms with Gasteiger partial charge in [0, 0.05) is 6.04 Å². The molecule has 0 bridgehead atoms. The molecule has 3 rings (SSSR count). The zero-order chi connectivity index (χ0) is 22.8. The second-order valence-electron chi connectivity index (χ2n) is 8.83. The van der Waals surface area contributed by atoms with Crippen molar-refractivity contribution < 1.29 is 23.9 Å². The van der Waals surface area contributed by atoms with Gasteiger partial charge in [-0.15, -0.1) is 0 Å². The molecule has 0 aromatic heterocycles. The zero-order valence-electron chi connectivity index (χ0n) is 18.5. The van der Waals surface area contributed by atoms with E-state index in [1.165, 1.54) is 6.92 Å². The Bertz CT molecular complexity index is 858. The summed E-state index contributed by atoms with van der Waals surface area (Å²) in [4.78, 5) is 51.0. The van der Waals surface area contributed by atoms with Gasteiger partial charge in [-0.25, -0.2) is 4.79 Å². The van der Waals surface area contributed by atoms with Crippen molar-refractivity contribution in [1.29, 1.82) is 0 Å². The number of nitrogens with zero attached hydrogens (tertiary/aromatic N) is 1. The molecule has 2 fully saturated rings. The summed E-state index contributed by atoms with van der Waals surface area (Å²) in [7, 11) is 0. The maximum Gasteiger partial charge on any atom is 0.327 e. The molecule has 8 heteroatoms. The summed E-state index contributed by atoms with van der Waals surface area (Å²) in [5.74, 6) is -0.848. The minimum Gasteiger partial charge on any atom is -0.451 e. The summed E-state index contributed by atoms with van der Waals surface area (Å²) < 4.78 is 5.22. The molecule has 0 spiro atoms. The first-order valence-electron chi connectivity index (χ1n) is 10.8. The van der Waals surface area contributed by atoms with Crippen LogP contribution in [0.5, 0.6) is 0 Å². The molecule has 31 heavy (non-hydrogen) atoms. The Morgan fingerprint density at radius 3 is 2.58 bits per heavy atom. The summed E-state index contributed by atoms with van der Waals surface area (Å²) in [6, 6.07) is 8.20. The van der Waals surface area contributed by atoms with Crippen LogP contribution in [0.25, 0.3) is 0 Å². The SMILES string of the molecule is C[C@@H]1[C@H](C)CCC[C@@H]1NC(=O)[C@@H](C)OC(=O)CN1C(=O)N[C@](C)(c2ccccc2)C1=O. The highest BCUT2D eigenvalue weighted by Gasteiger charge is 2.49. The lowest BCUT2D eigenvalue weighted by molar-refractivity contribution is -0.157. The number of rotatable bonds is 6. The molecule has 1 heterocycles. The van der Waals surface area contributed by atoms with E-state index in [0.29, 0.717) is 17.4 Å². The van der Waals surface area contributed by atoms with E-state index in [0.717, 1.165) is 24.2 Å². The number of nitrogens with one attached hydrogen (secondary N) is 2. The third-order valence-corrected chi connectivity index (χ3v) is 6.63. The largest absolute Gasteiger partial charge is 0.451 e. The van der Waals surface area contributed by atoms with E-state index in [1.807, 2.05) is 6.07 Å². The molecule has 8 nitrogen and oxygen atoms in total. The van der Waals surface area contributed by atoms with Gasteiger partial charge in [0.05, 0.1) is 0 Å². The molecular formula is C23H31N3O5.